The third-order valence-electron chi connectivity index (χ3n) is 2.57. The molecule has 1 aromatic rings. The number of amides is 2. The van der Waals surface area contributed by atoms with E-state index in [1.165, 1.54) is 0 Å². The van der Waals surface area contributed by atoms with Crippen LogP contribution in [-0.4, -0.2) is 49.4 Å². The Labute approximate surface area is 119 Å². The molecule has 0 aromatic carbocycles. The molecule has 0 spiro atoms. The molecule has 0 aliphatic rings. The first kappa shape index (κ1) is 16.3. The molecule has 0 unspecified atom stereocenters. The Kier molecular flexibility index (Phi) is 5.52. The van der Waals surface area contributed by atoms with Crippen molar-refractivity contribution in [3.8, 4) is 0 Å². The molecule has 0 aliphatic heterocycles. The van der Waals surface area contributed by atoms with Gasteiger partial charge in [-0.15, -0.1) is 5.10 Å². The summed E-state index contributed by atoms with van der Waals surface area (Å²) in [5.74, 6) is -2.55. The lowest BCUT2D eigenvalue weighted by Crippen LogP contribution is -2.43. The van der Waals surface area contributed by atoms with Crippen LogP contribution in [0.15, 0.2) is 0 Å². The summed E-state index contributed by atoms with van der Waals surface area (Å²) in [6.45, 7) is 3.38. The maximum absolute atomic E-state index is 11.6. The smallest absolute Gasteiger partial charge is 0.326 e. The Hall–Kier alpha value is -2.78. The molecule has 0 bridgehead atoms. The predicted octanol–water partition coefficient (Wildman–Crippen LogP) is -0.0721. The van der Waals surface area contributed by atoms with E-state index >= 15 is 0 Å². The van der Waals surface area contributed by atoms with Crippen LogP contribution in [0, 0.1) is 13.8 Å². The minimum atomic E-state index is -1.33. The molecule has 4 N–H and O–H groups in total. The number of aliphatic carboxylic acids is 2. The van der Waals surface area contributed by atoms with Gasteiger partial charge in [-0.25, -0.2) is 14.6 Å². The molecule has 1 heterocycles. The molecule has 21 heavy (non-hydrogen) atoms. The lowest BCUT2D eigenvalue weighted by atomic mass is 10.1. The molecule has 10 heteroatoms. The van der Waals surface area contributed by atoms with Crippen molar-refractivity contribution in [1.29, 1.82) is 0 Å². The topological polar surface area (TPSA) is 154 Å². The maximum atomic E-state index is 11.6. The molecular weight excluding hydrogens is 282 g/mol. The zero-order chi connectivity index (χ0) is 16.0. The minimum Gasteiger partial charge on any atom is -0.481 e. The van der Waals surface area contributed by atoms with Crippen LogP contribution < -0.4 is 10.6 Å². The quantitative estimate of drug-likeness (QED) is 0.568. The van der Waals surface area contributed by atoms with Gasteiger partial charge in [-0.2, -0.15) is 5.10 Å². The largest absolute Gasteiger partial charge is 0.481 e. The molecule has 114 valence electrons. The molecule has 1 rings (SSSR count). The Balaban J connectivity index is 2.62. The fourth-order valence-corrected chi connectivity index (χ4v) is 1.33. The number of aryl methyl sites for hydroxylation is 2. The third-order valence-corrected chi connectivity index (χ3v) is 2.57. The first-order chi connectivity index (χ1) is 9.79. The van der Waals surface area contributed by atoms with Crippen molar-refractivity contribution in [2.75, 3.05) is 5.32 Å². The van der Waals surface area contributed by atoms with Crippen molar-refractivity contribution in [2.45, 2.75) is 32.7 Å². The van der Waals surface area contributed by atoms with Crippen molar-refractivity contribution >= 4 is 23.9 Å². The summed E-state index contributed by atoms with van der Waals surface area (Å²) in [4.78, 5) is 36.9. The highest BCUT2D eigenvalue weighted by Gasteiger charge is 2.21. The summed E-state index contributed by atoms with van der Waals surface area (Å²) >= 11 is 0. The monoisotopic (exact) mass is 297 g/mol. The number of nitrogens with one attached hydrogen (secondary N) is 2. The van der Waals surface area contributed by atoms with Gasteiger partial charge >= 0.3 is 18.0 Å². The molecule has 0 fully saturated rings. The second-order valence-electron chi connectivity index (χ2n) is 4.23. The predicted molar refractivity (Wildman–Crippen MR) is 69.7 cm³/mol. The van der Waals surface area contributed by atoms with Crippen LogP contribution >= 0.6 is 0 Å². The van der Waals surface area contributed by atoms with Crippen molar-refractivity contribution in [2.24, 2.45) is 0 Å². The summed E-state index contributed by atoms with van der Waals surface area (Å²) in [5.41, 5.74) is 1.17. The van der Waals surface area contributed by atoms with E-state index in [-0.39, 0.29) is 18.8 Å². The number of carboxylic acids is 2. The number of rotatable bonds is 6. The normalized spacial score (nSPS) is 11.5. The van der Waals surface area contributed by atoms with Crippen LogP contribution in [-0.2, 0) is 9.59 Å². The van der Waals surface area contributed by atoms with E-state index in [0.717, 1.165) is 0 Å². The van der Waals surface area contributed by atoms with E-state index in [1.54, 1.807) is 13.8 Å². The van der Waals surface area contributed by atoms with Crippen molar-refractivity contribution in [3.05, 3.63) is 11.4 Å². The first-order valence-corrected chi connectivity index (χ1v) is 5.99. The van der Waals surface area contributed by atoms with Gasteiger partial charge in [0.15, 0.2) is 0 Å². The maximum Gasteiger partial charge on any atom is 0.326 e. The number of nitrogens with zero attached hydrogens (tertiary/aromatic N) is 3. The molecule has 2 amide bonds. The van der Waals surface area contributed by atoms with Crippen LogP contribution in [0.5, 0.6) is 0 Å². The fourth-order valence-electron chi connectivity index (χ4n) is 1.33. The summed E-state index contributed by atoms with van der Waals surface area (Å²) in [6, 6.07) is -2.17. The molecular formula is C11H15N5O5. The van der Waals surface area contributed by atoms with Crippen LogP contribution in [0.25, 0.3) is 0 Å². The van der Waals surface area contributed by atoms with Crippen LogP contribution in [0.3, 0.4) is 0 Å². The highest BCUT2D eigenvalue weighted by molar-refractivity contribution is 5.90. The molecule has 0 radical (unpaired) electrons. The highest BCUT2D eigenvalue weighted by Crippen LogP contribution is 2.03. The number of anilines is 1. The zero-order valence-electron chi connectivity index (χ0n) is 11.5. The van der Waals surface area contributed by atoms with E-state index in [2.05, 4.69) is 25.8 Å². The number of aromatic nitrogens is 3. The van der Waals surface area contributed by atoms with Gasteiger partial charge in [0.25, 0.3) is 5.95 Å². The van der Waals surface area contributed by atoms with Gasteiger partial charge < -0.3 is 15.5 Å². The highest BCUT2D eigenvalue weighted by atomic mass is 16.4. The van der Waals surface area contributed by atoms with Crippen molar-refractivity contribution < 1.29 is 24.6 Å². The number of carbonyl (C=O) groups is 3. The van der Waals surface area contributed by atoms with E-state index in [9.17, 15) is 14.4 Å². The van der Waals surface area contributed by atoms with Crippen LogP contribution in [0.1, 0.15) is 24.2 Å². The molecule has 0 aliphatic carbocycles. The zero-order valence-corrected chi connectivity index (χ0v) is 11.5. The second kappa shape index (κ2) is 7.12. The molecule has 1 aromatic heterocycles. The number of carboxylic acid groups (broad SMARTS) is 2. The van der Waals surface area contributed by atoms with E-state index in [1.807, 2.05) is 0 Å². The second-order valence-corrected chi connectivity index (χ2v) is 4.23. The Morgan fingerprint density at radius 2 is 1.81 bits per heavy atom. The van der Waals surface area contributed by atoms with Gasteiger partial charge in [-0.3, -0.25) is 10.1 Å². The standard InChI is InChI=1S/C11H15N5O5/c1-5-6(2)15-16-10(12-5)14-11(21)13-7(9(19)20)3-4-8(17)18/h7H,3-4H2,1-2H3,(H,17,18)(H,19,20)(H2,12,13,14,16,21)/t7-/m0/s1. The van der Waals surface area contributed by atoms with Gasteiger partial charge in [-0.05, 0) is 20.3 Å². The van der Waals surface area contributed by atoms with E-state index < -0.39 is 24.0 Å². The van der Waals surface area contributed by atoms with Gasteiger partial charge in [-0.1, -0.05) is 0 Å². The molecule has 10 nitrogen and oxygen atoms in total. The third kappa shape index (κ3) is 5.38. The fraction of sp³-hybridized carbons (Fsp3) is 0.455. The number of carbonyl (C=O) groups excluding carboxylic acids is 1. The van der Waals surface area contributed by atoms with Gasteiger partial charge in [0.2, 0.25) is 0 Å². The summed E-state index contributed by atoms with van der Waals surface area (Å²) < 4.78 is 0. The van der Waals surface area contributed by atoms with Crippen LogP contribution in [0.2, 0.25) is 0 Å². The van der Waals surface area contributed by atoms with Gasteiger partial charge in [0.1, 0.15) is 6.04 Å². The average Bonchev–Trinajstić information content (AvgIpc) is 2.38. The summed E-state index contributed by atoms with van der Waals surface area (Å²) in [5, 5.41) is 29.2. The van der Waals surface area contributed by atoms with Crippen LogP contribution in [0.4, 0.5) is 10.7 Å². The minimum absolute atomic E-state index is 0.0713. The van der Waals surface area contributed by atoms with Crippen molar-refractivity contribution in [3.63, 3.8) is 0 Å². The van der Waals surface area contributed by atoms with E-state index in [4.69, 9.17) is 10.2 Å². The molecule has 0 saturated carbocycles. The lowest BCUT2D eigenvalue weighted by molar-refractivity contribution is -0.140. The van der Waals surface area contributed by atoms with Gasteiger partial charge in [0.05, 0.1) is 11.4 Å². The summed E-state index contributed by atoms with van der Waals surface area (Å²) in [7, 11) is 0. The summed E-state index contributed by atoms with van der Waals surface area (Å²) in [6.07, 6.45) is -0.608. The number of urea groups is 1. The Bertz CT molecular complexity index is 562. The lowest BCUT2D eigenvalue weighted by Gasteiger charge is -2.13. The van der Waals surface area contributed by atoms with Gasteiger partial charge in [0, 0.05) is 6.42 Å². The molecule has 1 atom stereocenters. The van der Waals surface area contributed by atoms with E-state index in [0.29, 0.717) is 11.4 Å². The molecule has 0 saturated heterocycles. The first-order valence-electron chi connectivity index (χ1n) is 5.99. The number of hydrogen-bond acceptors (Lipinski definition) is 6. The average molecular weight is 297 g/mol. The Morgan fingerprint density at radius 1 is 1.14 bits per heavy atom. The van der Waals surface area contributed by atoms with Crippen molar-refractivity contribution in [1.82, 2.24) is 20.5 Å². The number of hydrogen-bond donors (Lipinski definition) is 4. The SMILES string of the molecule is Cc1nnc(NC(=O)N[C@@H](CCC(=O)O)C(=O)O)nc1C. The Morgan fingerprint density at radius 3 is 2.33 bits per heavy atom.